The van der Waals surface area contributed by atoms with Crippen molar-refractivity contribution in [2.24, 2.45) is 5.92 Å². The van der Waals surface area contributed by atoms with Crippen LogP contribution in [-0.2, 0) is 4.79 Å². The van der Waals surface area contributed by atoms with Gasteiger partial charge in [0.15, 0.2) is 5.82 Å². The lowest BCUT2D eigenvalue weighted by atomic mass is 9.97. The minimum absolute atomic E-state index is 0.109. The number of benzene rings is 1. The van der Waals surface area contributed by atoms with Gasteiger partial charge in [0.1, 0.15) is 0 Å². The summed E-state index contributed by atoms with van der Waals surface area (Å²) in [4.78, 5) is 13.0. The fourth-order valence-electron chi connectivity index (χ4n) is 4.88. The van der Waals surface area contributed by atoms with E-state index in [2.05, 4.69) is 45.4 Å². The molecule has 2 N–H and O–H groups in total. The van der Waals surface area contributed by atoms with Crippen molar-refractivity contribution >= 4 is 22.9 Å². The molecule has 32 heavy (non-hydrogen) atoms. The molecule has 0 saturated carbocycles. The topological polar surface area (TPSA) is 88.2 Å². The van der Waals surface area contributed by atoms with Crippen LogP contribution in [0.15, 0.2) is 42.7 Å². The number of likely N-dealkylation sites (tertiary alicyclic amines) is 1. The third kappa shape index (κ3) is 4.47. The van der Waals surface area contributed by atoms with Crippen LogP contribution in [0, 0.1) is 5.92 Å². The maximum absolute atomic E-state index is 11.0. The molecule has 2 aliphatic heterocycles. The van der Waals surface area contributed by atoms with Crippen molar-refractivity contribution in [1.82, 2.24) is 29.8 Å². The minimum atomic E-state index is -0.765. The summed E-state index contributed by atoms with van der Waals surface area (Å²) < 4.78 is 3.96. The average Bonchev–Trinajstić information content (AvgIpc) is 3.46. The maximum atomic E-state index is 11.0. The Kier molecular flexibility index (Phi) is 6.05. The third-order valence-electron chi connectivity index (χ3n) is 6.64. The van der Waals surface area contributed by atoms with Crippen molar-refractivity contribution < 1.29 is 9.90 Å². The first-order valence-electron chi connectivity index (χ1n) is 11.5. The highest BCUT2D eigenvalue weighted by Crippen LogP contribution is 2.30. The van der Waals surface area contributed by atoms with Gasteiger partial charge in [0.05, 0.1) is 18.1 Å². The maximum Gasteiger partial charge on any atom is 0.317 e. The first-order chi connectivity index (χ1) is 15.7. The number of hydrogen-bond donors (Lipinski definition) is 2. The normalized spacial score (nSPS) is 19.2. The van der Waals surface area contributed by atoms with Gasteiger partial charge in [-0.2, -0.15) is 10.2 Å². The summed E-state index contributed by atoms with van der Waals surface area (Å²) in [6.07, 6.45) is 12.4. The Balaban J connectivity index is 1.44. The quantitative estimate of drug-likeness (QED) is 0.620. The Bertz CT molecular complexity index is 1090. The monoisotopic (exact) mass is 434 g/mol. The SMILES string of the molecule is O=C(O)CN1CCC(n2nc(-n3cccn3)c3cc(/C=C/C4CCNCC4)ccc32)CC1. The Morgan fingerprint density at radius 3 is 2.72 bits per heavy atom. The van der Waals surface area contributed by atoms with Crippen LogP contribution >= 0.6 is 0 Å². The summed E-state index contributed by atoms with van der Waals surface area (Å²) in [5, 5.41) is 23.0. The lowest BCUT2D eigenvalue weighted by Gasteiger charge is -2.31. The molecule has 8 nitrogen and oxygen atoms in total. The fourth-order valence-corrected chi connectivity index (χ4v) is 4.88. The number of nitrogens with zero attached hydrogens (tertiary/aromatic N) is 5. The van der Waals surface area contributed by atoms with E-state index in [4.69, 9.17) is 10.2 Å². The van der Waals surface area contributed by atoms with Gasteiger partial charge in [-0.1, -0.05) is 18.2 Å². The molecule has 4 heterocycles. The lowest BCUT2D eigenvalue weighted by molar-refractivity contribution is -0.138. The van der Waals surface area contributed by atoms with E-state index in [9.17, 15) is 4.79 Å². The molecule has 5 rings (SSSR count). The van der Waals surface area contributed by atoms with E-state index in [-0.39, 0.29) is 12.6 Å². The number of rotatable bonds is 6. The zero-order valence-corrected chi connectivity index (χ0v) is 18.2. The Labute approximate surface area is 187 Å². The molecule has 0 amide bonds. The van der Waals surface area contributed by atoms with Gasteiger partial charge in [0, 0.05) is 30.9 Å². The van der Waals surface area contributed by atoms with E-state index in [1.54, 1.807) is 6.20 Å². The van der Waals surface area contributed by atoms with E-state index >= 15 is 0 Å². The molecule has 8 heteroatoms. The van der Waals surface area contributed by atoms with E-state index in [0.717, 1.165) is 55.7 Å². The van der Waals surface area contributed by atoms with Crippen molar-refractivity contribution in [2.45, 2.75) is 31.7 Å². The number of carbonyl (C=O) groups is 1. The standard InChI is InChI=1S/C24H30N6O2/c31-23(32)17-28-14-8-20(9-15-28)30-22-5-4-19(3-2-18-6-11-25-12-7-18)16-21(22)24(27-30)29-13-1-10-26-29/h1-5,10,13,16,18,20,25H,6-9,11-12,14-15,17H2,(H,31,32)/b3-2+. The zero-order valence-electron chi connectivity index (χ0n) is 18.2. The van der Waals surface area contributed by atoms with Crippen molar-refractivity contribution in [1.29, 1.82) is 0 Å². The van der Waals surface area contributed by atoms with Crippen LogP contribution in [-0.4, -0.2) is 68.3 Å². The highest BCUT2D eigenvalue weighted by atomic mass is 16.4. The zero-order chi connectivity index (χ0) is 21.9. The van der Waals surface area contributed by atoms with Crippen LogP contribution in [0.3, 0.4) is 0 Å². The first kappa shape index (κ1) is 20.9. The number of aromatic nitrogens is 4. The van der Waals surface area contributed by atoms with Gasteiger partial charge in [-0.15, -0.1) is 0 Å². The fraction of sp³-hybridized carbons (Fsp3) is 0.458. The van der Waals surface area contributed by atoms with Crippen molar-refractivity contribution in [2.75, 3.05) is 32.7 Å². The predicted molar refractivity (Wildman–Crippen MR) is 124 cm³/mol. The molecule has 2 saturated heterocycles. The molecular weight excluding hydrogens is 404 g/mol. The molecule has 168 valence electrons. The van der Waals surface area contributed by atoms with Crippen LogP contribution in [0.4, 0.5) is 0 Å². The van der Waals surface area contributed by atoms with Crippen molar-refractivity contribution in [3.63, 3.8) is 0 Å². The molecule has 0 unspecified atom stereocenters. The highest BCUT2D eigenvalue weighted by molar-refractivity contribution is 5.88. The lowest BCUT2D eigenvalue weighted by Crippen LogP contribution is -2.38. The summed E-state index contributed by atoms with van der Waals surface area (Å²) in [5.41, 5.74) is 2.28. The number of carboxylic acid groups (broad SMARTS) is 1. The number of aliphatic carboxylic acids is 1. The van der Waals surface area contributed by atoms with Crippen LogP contribution in [0.25, 0.3) is 22.8 Å². The highest BCUT2D eigenvalue weighted by Gasteiger charge is 2.25. The molecule has 2 aliphatic rings. The van der Waals surface area contributed by atoms with E-state index < -0.39 is 5.97 Å². The molecule has 0 radical (unpaired) electrons. The Hall–Kier alpha value is -2.97. The molecule has 1 aromatic carbocycles. The van der Waals surface area contributed by atoms with E-state index in [1.807, 2.05) is 21.8 Å². The molecule has 0 atom stereocenters. The number of hydrogen-bond acceptors (Lipinski definition) is 5. The van der Waals surface area contributed by atoms with Gasteiger partial charge < -0.3 is 10.4 Å². The van der Waals surface area contributed by atoms with E-state index in [1.165, 1.54) is 18.4 Å². The number of nitrogens with one attached hydrogen (secondary N) is 1. The summed E-state index contributed by atoms with van der Waals surface area (Å²) in [6, 6.07) is 8.72. The first-order valence-corrected chi connectivity index (χ1v) is 11.5. The number of allylic oxidation sites excluding steroid dienone is 1. The summed E-state index contributed by atoms with van der Waals surface area (Å²) in [6.45, 7) is 3.84. The van der Waals surface area contributed by atoms with Crippen LogP contribution < -0.4 is 5.32 Å². The Morgan fingerprint density at radius 2 is 2.00 bits per heavy atom. The van der Waals surface area contributed by atoms with Gasteiger partial charge in [-0.25, -0.2) is 4.68 Å². The van der Waals surface area contributed by atoms with Gasteiger partial charge in [0.25, 0.3) is 0 Å². The van der Waals surface area contributed by atoms with Crippen molar-refractivity contribution in [3.05, 3.63) is 48.3 Å². The second-order valence-electron chi connectivity index (χ2n) is 8.84. The summed E-state index contributed by atoms with van der Waals surface area (Å²) >= 11 is 0. The smallest absolute Gasteiger partial charge is 0.317 e. The van der Waals surface area contributed by atoms with Gasteiger partial charge in [-0.05, 0) is 68.5 Å². The molecule has 2 aromatic heterocycles. The third-order valence-corrected chi connectivity index (χ3v) is 6.64. The number of carboxylic acids is 1. The second kappa shape index (κ2) is 9.26. The molecule has 3 aromatic rings. The molecule has 0 bridgehead atoms. The van der Waals surface area contributed by atoms with Gasteiger partial charge in [0.2, 0.25) is 0 Å². The van der Waals surface area contributed by atoms with Gasteiger partial charge in [-0.3, -0.25) is 14.4 Å². The van der Waals surface area contributed by atoms with Crippen LogP contribution in [0.5, 0.6) is 0 Å². The average molecular weight is 435 g/mol. The Morgan fingerprint density at radius 1 is 1.19 bits per heavy atom. The predicted octanol–water partition coefficient (Wildman–Crippen LogP) is 2.96. The minimum Gasteiger partial charge on any atom is -0.480 e. The van der Waals surface area contributed by atoms with Crippen molar-refractivity contribution in [3.8, 4) is 5.82 Å². The van der Waals surface area contributed by atoms with Gasteiger partial charge >= 0.3 is 5.97 Å². The number of fused-ring (bicyclic) bond motifs is 1. The molecule has 2 fully saturated rings. The molecule has 0 spiro atoms. The van der Waals surface area contributed by atoms with Crippen LogP contribution in [0.2, 0.25) is 0 Å². The summed E-state index contributed by atoms with van der Waals surface area (Å²) in [7, 11) is 0. The number of piperidine rings is 2. The second-order valence-corrected chi connectivity index (χ2v) is 8.84. The largest absolute Gasteiger partial charge is 0.480 e. The molecular formula is C24H30N6O2. The van der Waals surface area contributed by atoms with Crippen LogP contribution in [0.1, 0.15) is 37.3 Å². The summed E-state index contributed by atoms with van der Waals surface area (Å²) in [5.74, 6) is 0.713. The van der Waals surface area contributed by atoms with E-state index in [0.29, 0.717) is 5.92 Å². The molecule has 0 aliphatic carbocycles.